The summed E-state index contributed by atoms with van der Waals surface area (Å²) in [5, 5.41) is 3.55. The molecule has 1 aromatic carbocycles. The number of halogens is 1. The molecule has 1 amide bonds. The van der Waals surface area contributed by atoms with Crippen LogP contribution in [0.3, 0.4) is 0 Å². The average Bonchev–Trinajstić information content (AvgIpc) is 2.75. The monoisotopic (exact) mass is 413 g/mol. The number of fused-ring (bicyclic) bond motifs is 2. The second kappa shape index (κ2) is 8.33. The number of hydrogen-bond donors (Lipinski definition) is 1. The molecule has 0 unspecified atom stereocenters. The number of anilines is 2. The quantitative estimate of drug-likeness (QED) is 0.786. The third-order valence-electron chi connectivity index (χ3n) is 6.51. The molecule has 1 N–H and O–H groups in total. The highest BCUT2D eigenvalue weighted by Gasteiger charge is 2.39. The van der Waals surface area contributed by atoms with Gasteiger partial charge in [-0.05, 0) is 67.7 Å². The fourth-order valence-corrected chi connectivity index (χ4v) is 5.13. The van der Waals surface area contributed by atoms with Crippen LogP contribution in [0.15, 0.2) is 30.5 Å². The molecular formula is C23H28ClN3O2. The lowest BCUT2D eigenvalue weighted by Gasteiger charge is -2.40. The van der Waals surface area contributed by atoms with Gasteiger partial charge in [0.25, 0.3) is 5.91 Å². The summed E-state index contributed by atoms with van der Waals surface area (Å²) in [7, 11) is 0. The van der Waals surface area contributed by atoms with E-state index in [9.17, 15) is 4.79 Å². The number of morpholine rings is 1. The van der Waals surface area contributed by atoms with Crippen molar-refractivity contribution in [2.24, 2.45) is 0 Å². The van der Waals surface area contributed by atoms with Gasteiger partial charge in [0, 0.05) is 30.5 Å². The maximum Gasteiger partial charge on any atom is 0.255 e. The van der Waals surface area contributed by atoms with Crippen LogP contribution in [0.25, 0.3) is 0 Å². The molecule has 1 saturated heterocycles. The molecule has 6 heteroatoms. The number of nitrogens with zero attached hydrogens (tertiary/aromatic N) is 2. The van der Waals surface area contributed by atoms with E-state index in [1.54, 1.807) is 0 Å². The highest BCUT2D eigenvalue weighted by atomic mass is 35.5. The Hall–Kier alpha value is -2.11. The topological polar surface area (TPSA) is 54.5 Å². The van der Waals surface area contributed by atoms with Crippen molar-refractivity contribution in [3.63, 3.8) is 0 Å². The SMILES string of the molecule is Cc1cccc(Nc2ncc(C(=O)N3CCOCC3)c3c2C2CCC3CC2)c1.Cl. The summed E-state index contributed by atoms with van der Waals surface area (Å²) in [5.41, 5.74) is 5.66. The van der Waals surface area contributed by atoms with Gasteiger partial charge in [-0.15, -0.1) is 12.4 Å². The van der Waals surface area contributed by atoms with Crippen LogP contribution in [0.2, 0.25) is 0 Å². The van der Waals surface area contributed by atoms with Gasteiger partial charge in [0.1, 0.15) is 5.82 Å². The first-order valence-electron chi connectivity index (χ1n) is 10.4. The van der Waals surface area contributed by atoms with Crippen LogP contribution in [0.4, 0.5) is 11.5 Å². The van der Waals surface area contributed by atoms with Gasteiger partial charge < -0.3 is 15.0 Å². The minimum Gasteiger partial charge on any atom is -0.378 e. The fourth-order valence-electron chi connectivity index (χ4n) is 5.13. The van der Waals surface area contributed by atoms with Crippen molar-refractivity contribution in [1.82, 2.24) is 9.88 Å². The molecule has 1 aromatic heterocycles. The Kier molecular flexibility index (Phi) is 5.79. The number of aryl methyl sites for hydroxylation is 1. The molecule has 29 heavy (non-hydrogen) atoms. The van der Waals surface area contributed by atoms with Crippen LogP contribution >= 0.6 is 12.4 Å². The molecule has 3 aliphatic carbocycles. The van der Waals surface area contributed by atoms with Gasteiger partial charge in [-0.1, -0.05) is 12.1 Å². The molecule has 1 aliphatic heterocycles. The van der Waals surface area contributed by atoms with Gasteiger partial charge in [-0.25, -0.2) is 4.98 Å². The largest absolute Gasteiger partial charge is 0.378 e. The normalized spacial score (nSPS) is 22.6. The Bertz CT molecular complexity index is 903. The number of benzene rings is 1. The van der Waals surface area contributed by atoms with Crippen molar-refractivity contribution in [3.05, 3.63) is 52.7 Å². The van der Waals surface area contributed by atoms with E-state index in [4.69, 9.17) is 9.72 Å². The van der Waals surface area contributed by atoms with Crippen molar-refractivity contribution < 1.29 is 9.53 Å². The van der Waals surface area contributed by atoms with Crippen molar-refractivity contribution in [2.75, 3.05) is 31.6 Å². The van der Waals surface area contributed by atoms with Crippen LogP contribution < -0.4 is 5.32 Å². The standard InChI is InChI=1S/C23H27N3O2.ClH/c1-15-3-2-4-18(13-15)25-22-21-17-7-5-16(6-8-17)20(21)19(14-24-22)23(27)26-9-11-28-12-10-26;/h2-4,13-14,16-17H,5-12H2,1H3,(H,24,25);1H. The predicted octanol–water partition coefficient (Wildman–Crippen LogP) is 4.78. The number of rotatable bonds is 3. The molecule has 5 nitrogen and oxygen atoms in total. The minimum atomic E-state index is 0. The van der Waals surface area contributed by atoms with E-state index in [1.807, 2.05) is 11.1 Å². The Balaban J connectivity index is 0.00000205. The number of aromatic nitrogens is 1. The Morgan fingerprint density at radius 1 is 1.10 bits per heavy atom. The molecule has 2 fully saturated rings. The van der Waals surface area contributed by atoms with Crippen molar-refractivity contribution in [2.45, 2.75) is 44.4 Å². The summed E-state index contributed by atoms with van der Waals surface area (Å²) in [6.07, 6.45) is 6.60. The molecule has 154 valence electrons. The zero-order valence-corrected chi connectivity index (χ0v) is 17.6. The maximum atomic E-state index is 13.3. The molecule has 0 radical (unpaired) electrons. The Labute approximate surface area is 178 Å². The van der Waals surface area contributed by atoms with Crippen LogP contribution in [0.1, 0.15) is 64.6 Å². The van der Waals surface area contributed by atoms with E-state index >= 15 is 0 Å². The maximum absolute atomic E-state index is 13.3. The van der Waals surface area contributed by atoms with E-state index in [0.717, 1.165) is 17.1 Å². The number of pyridine rings is 1. The van der Waals surface area contributed by atoms with Gasteiger partial charge in [-0.2, -0.15) is 0 Å². The highest BCUT2D eigenvalue weighted by Crippen LogP contribution is 2.52. The number of carbonyl (C=O) groups is 1. The van der Waals surface area contributed by atoms with E-state index in [1.165, 1.54) is 42.4 Å². The third-order valence-corrected chi connectivity index (χ3v) is 6.51. The minimum absolute atomic E-state index is 0. The van der Waals surface area contributed by atoms with E-state index in [-0.39, 0.29) is 18.3 Å². The van der Waals surface area contributed by atoms with E-state index in [0.29, 0.717) is 38.1 Å². The molecule has 2 heterocycles. The molecule has 1 saturated carbocycles. The van der Waals surface area contributed by atoms with Gasteiger partial charge in [0.05, 0.1) is 18.8 Å². The Morgan fingerprint density at radius 3 is 2.48 bits per heavy atom. The first-order valence-corrected chi connectivity index (χ1v) is 10.4. The summed E-state index contributed by atoms with van der Waals surface area (Å²) >= 11 is 0. The Morgan fingerprint density at radius 2 is 1.79 bits per heavy atom. The smallest absolute Gasteiger partial charge is 0.255 e. The van der Waals surface area contributed by atoms with Crippen molar-refractivity contribution >= 4 is 29.8 Å². The number of hydrogen-bond acceptors (Lipinski definition) is 4. The molecule has 2 bridgehead atoms. The van der Waals surface area contributed by atoms with Crippen LogP contribution in [0, 0.1) is 6.92 Å². The molecule has 0 spiro atoms. The van der Waals surface area contributed by atoms with Crippen molar-refractivity contribution in [1.29, 1.82) is 0 Å². The lowest BCUT2D eigenvalue weighted by atomic mass is 9.66. The molecule has 4 aliphatic rings. The number of amides is 1. The molecular weight excluding hydrogens is 386 g/mol. The van der Waals surface area contributed by atoms with Gasteiger partial charge in [0.15, 0.2) is 0 Å². The van der Waals surface area contributed by atoms with E-state index in [2.05, 4.69) is 36.5 Å². The lowest BCUT2D eigenvalue weighted by molar-refractivity contribution is 0.0301. The average molecular weight is 414 g/mol. The van der Waals surface area contributed by atoms with E-state index < -0.39 is 0 Å². The van der Waals surface area contributed by atoms with Crippen LogP contribution in [-0.4, -0.2) is 42.1 Å². The fraction of sp³-hybridized carbons (Fsp3) is 0.478. The summed E-state index contributed by atoms with van der Waals surface area (Å²) in [4.78, 5) is 20.0. The lowest BCUT2D eigenvalue weighted by Crippen LogP contribution is -2.41. The predicted molar refractivity (Wildman–Crippen MR) is 117 cm³/mol. The summed E-state index contributed by atoms with van der Waals surface area (Å²) in [6.45, 7) is 4.69. The summed E-state index contributed by atoms with van der Waals surface area (Å²) < 4.78 is 5.42. The number of carbonyl (C=O) groups excluding carboxylic acids is 1. The molecule has 6 rings (SSSR count). The first kappa shape index (κ1) is 20.2. The van der Waals surface area contributed by atoms with Gasteiger partial charge in [0.2, 0.25) is 0 Å². The summed E-state index contributed by atoms with van der Waals surface area (Å²) in [5.74, 6) is 2.06. The second-order valence-electron chi connectivity index (χ2n) is 8.30. The van der Waals surface area contributed by atoms with Crippen molar-refractivity contribution in [3.8, 4) is 0 Å². The second-order valence-corrected chi connectivity index (χ2v) is 8.30. The molecule has 0 atom stereocenters. The molecule has 2 aromatic rings. The number of nitrogens with one attached hydrogen (secondary N) is 1. The summed E-state index contributed by atoms with van der Waals surface area (Å²) in [6, 6.07) is 8.38. The van der Waals surface area contributed by atoms with Gasteiger partial charge >= 0.3 is 0 Å². The highest BCUT2D eigenvalue weighted by molar-refractivity contribution is 5.97. The van der Waals surface area contributed by atoms with Crippen LogP contribution in [-0.2, 0) is 4.74 Å². The zero-order valence-electron chi connectivity index (χ0n) is 16.8. The van der Waals surface area contributed by atoms with Crippen LogP contribution in [0.5, 0.6) is 0 Å². The first-order chi connectivity index (χ1) is 13.7. The number of ether oxygens (including phenoxy) is 1. The van der Waals surface area contributed by atoms with Gasteiger partial charge in [-0.3, -0.25) is 4.79 Å². The third kappa shape index (κ3) is 3.74. The zero-order chi connectivity index (χ0) is 19.1.